The minimum atomic E-state index is -0.0240. The summed E-state index contributed by atoms with van der Waals surface area (Å²) in [5, 5.41) is 7.70. The van der Waals surface area contributed by atoms with Crippen LogP contribution in [0.25, 0.3) is 0 Å². The van der Waals surface area contributed by atoms with Crippen molar-refractivity contribution in [2.24, 2.45) is 18.9 Å². The number of fused-ring (bicyclic) bond motifs is 1. The van der Waals surface area contributed by atoms with Gasteiger partial charge in [0.25, 0.3) is 0 Å². The average molecular weight is 379 g/mol. The van der Waals surface area contributed by atoms with E-state index in [1.807, 2.05) is 29.8 Å². The molecule has 144 valence electrons. The van der Waals surface area contributed by atoms with E-state index in [0.29, 0.717) is 13.1 Å². The Morgan fingerprint density at radius 2 is 1.96 bits per heavy atom. The fourth-order valence-corrected chi connectivity index (χ4v) is 4.69. The summed E-state index contributed by atoms with van der Waals surface area (Å²) < 4.78 is 1.82. The number of thioether (sulfide) groups is 1. The average Bonchev–Trinajstić information content (AvgIpc) is 2.97. The molecule has 1 fully saturated rings. The Bertz CT molecular complexity index is 665. The van der Waals surface area contributed by atoms with E-state index >= 15 is 0 Å². The molecule has 1 unspecified atom stereocenters. The van der Waals surface area contributed by atoms with Crippen LogP contribution in [-0.2, 0) is 29.5 Å². The van der Waals surface area contributed by atoms with E-state index in [4.69, 9.17) is 0 Å². The van der Waals surface area contributed by atoms with Crippen LogP contribution < -0.4 is 5.32 Å². The lowest BCUT2D eigenvalue weighted by Gasteiger charge is -2.33. The molecule has 3 rings (SSSR count). The second kappa shape index (κ2) is 8.46. The highest BCUT2D eigenvalue weighted by molar-refractivity contribution is 7.98. The standard InChI is InChI=1S/C19H30N4O2S/c1-13(12-26-3)19(25)23-10-8-14(9-11-23)18(24)20-17-15-6-4-5-7-16(15)21-22(17)2/h13-14H,4-12H2,1-3H3,(H,20,24). The van der Waals surface area contributed by atoms with E-state index in [9.17, 15) is 9.59 Å². The number of likely N-dealkylation sites (tertiary alicyclic amines) is 1. The van der Waals surface area contributed by atoms with Crippen LogP contribution >= 0.6 is 11.8 Å². The molecule has 1 atom stereocenters. The number of rotatable bonds is 5. The fourth-order valence-electron chi connectivity index (χ4n) is 4.05. The largest absolute Gasteiger partial charge is 0.342 e. The molecular formula is C19H30N4O2S. The van der Waals surface area contributed by atoms with Gasteiger partial charge in [-0.2, -0.15) is 16.9 Å². The predicted molar refractivity (Wildman–Crippen MR) is 105 cm³/mol. The Kier molecular flexibility index (Phi) is 6.27. The lowest BCUT2D eigenvalue weighted by Crippen LogP contribution is -2.44. The molecule has 0 bridgehead atoms. The van der Waals surface area contributed by atoms with Crippen LogP contribution in [0, 0.1) is 11.8 Å². The topological polar surface area (TPSA) is 67.2 Å². The molecule has 2 amide bonds. The van der Waals surface area contributed by atoms with Crippen LogP contribution in [0.5, 0.6) is 0 Å². The summed E-state index contributed by atoms with van der Waals surface area (Å²) in [6.45, 7) is 3.35. The Labute approximate surface area is 160 Å². The van der Waals surface area contributed by atoms with Crippen molar-refractivity contribution < 1.29 is 9.59 Å². The van der Waals surface area contributed by atoms with Gasteiger partial charge in [-0.25, -0.2) is 0 Å². The molecule has 1 saturated heterocycles. The number of anilines is 1. The summed E-state index contributed by atoms with van der Waals surface area (Å²) in [6, 6.07) is 0. The van der Waals surface area contributed by atoms with Crippen LogP contribution in [0.3, 0.4) is 0 Å². The number of aromatic nitrogens is 2. The van der Waals surface area contributed by atoms with Gasteiger partial charge in [0, 0.05) is 43.3 Å². The Morgan fingerprint density at radius 1 is 1.27 bits per heavy atom. The molecule has 0 aromatic carbocycles. The number of amides is 2. The van der Waals surface area contributed by atoms with Crippen LogP contribution in [0.15, 0.2) is 0 Å². The van der Waals surface area contributed by atoms with Gasteiger partial charge < -0.3 is 10.2 Å². The zero-order chi connectivity index (χ0) is 18.7. The van der Waals surface area contributed by atoms with Gasteiger partial charge in [-0.05, 0) is 44.8 Å². The second-order valence-electron chi connectivity index (χ2n) is 7.55. The van der Waals surface area contributed by atoms with Crippen molar-refractivity contribution in [3.05, 3.63) is 11.3 Å². The highest BCUT2D eigenvalue weighted by atomic mass is 32.2. The van der Waals surface area contributed by atoms with E-state index in [-0.39, 0.29) is 23.7 Å². The highest BCUT2D eigenvalue weighted by Crippen LogP contribution is 2.28. The molecule has 1 N–H and O–H groups in total. The van der Waals surface area contributed by atoms with Gasteiger partial charge in [-0.3, -0.25) is 14.3 Å². The molecule has 0 spiro atoms. The van der Waals surface area contributed by atoms with Crippen LogP contribution in [0.1, 0.15) is 43.9 Å². The molecular weight excluding hydrogens is 348 g/mol. The third-order valence-corrected chi connectivity index (χ3v) is 6.41. The molecule has 26 heavy (non-hydrogen) atoms. The maximum Gasteiger partial charge on any atom is 0.228 e. The minimum absolute atomic E-state index is 0.0240. The number of carbonyl (C=O) groups excluding carboxylic acids is 2. The Morgan fingerprint density at radius 3 is 2.65 bits per heavy atom. The monoisotopic (exact) mass is 378 g/mol. The smallest absolute Gasteiger partial charge is 0.228 e. The number of nitrogens with one attached hydrogen (secondary N) is 1. The van der Waals surface area contributed by atoms with Gasteiger partial charge in [-0.15, -0.1) is 0 Å². The van der Waals surface area contributed by atoms with Gasteiger partial charge in [0.05, 0.1) is 5.69 Å². The first kappa shape index (κ1) is 19.3. The molecule has 1 aliphatic carbocycles. The number of carbonyl (C=O) groups is 2. The predicted octanol–water partition coefficient (Wildman–Crippen LogP) is 2.48. The Hall–Kier alpha value is -1.50. The van der Waals surface area contributed by atoms with Crippen molar-refractivity contribution in [1.29, 1.82) is 0 Å². The minimum Gasteiger partial charge on any atom is -0.342 e. The number of aryl methyl sites for hydroxylation is 2. The normalized spacial score (nSPS) is 19.1. The molecule has 1 aromatic heterocycles. The van der Waals surface area contributed by atoms with Crippen LogP contribution in [0.2, 0.25) is 0 Å². The first-order valence-corrected chi connectivity index (χ1v) is 11.0. The van der Waals surface area contributed by atoms with Gasteiger partial charge in [0.1, 0.15) is 5.82 Å². The molecule has 2 aliphatic rings. The van der Waals surface area contributed by atoms with Crippen molar-refractivity contribution in [3.63, 3.8) is 0 Å². The molecule has 6 nitrogen and oxygen atoms in total. The summed E-state index contributed by atoms with van der Waals surface area (Å²) in [5.74, 6) is 2.05. The van der Waals surface area contributed by atoms with E-state index < -0.39 is 0 Å². The quantitative estimate of drug-likeness (QED) is 0.855. The van der Waals surface area contributed by atoms with Crippen LogP contribution in [-0.4, -0.2) is 51.6 Å². The fraction of sp³-hybridized carbons (Fsp3) is 0.737. The van der Waals surface area contributed by atoms with Gasteiger partial charge in [0.15, 0.2) is 0 Å². The van der Waals surface area contributed by atoms with E-state index in [0.717, 1.165) is 49.4 Å². The Balaban J connectivity index is 1.56. The molecule has 2 heterocycles. The maximum atomic E-state index is 12.8. The van der Waals surface area contributed by atoms with E-state index in [2.05, 4.69) is 10.4 Å². The molecule has 7 heteroatoms. The number of piperidine rings is 1. The van der Waals surface area contributed by atoms with Crippen molar-refractivity contribution in [1.82, 2.24) is 14.7 Å². The molecule has 1 aromatic rings. The summed E-state index contributed by atoms with van der Waals surface area (Å²) in [7, 11) is 1.91. The second-order valence-corrected chi connectivity index (χ2v) is 8.46. The van der Waals surface area contributed by atoms with Gasteiger partial charge in [-0.1, -0.05) is 6.92 Å². The van der Waals surface area contributed by atoms with Crippen molar-refractivity contribution in [2.75, 3.05) is 30.4 Å². The maximum absolute atomic E-state index is 12.8. The molecule has 0 saturated carbocycles. The number of nitrogens with zero attached hydrogens (tertiary/aromatic N) is 3. The number of hydrogen-bond donors (Lipinski definition) is 1. The summed E-state index contributed by atoms with van der Waals surface area (Å²) in [4.78, 5) is 27.1. The van der Waals surface area contributed by atoms with E-state index in [1.54, 1.807) is 11.8 Å². The van der Waals surface area contributed by atoms with Crippen molar-refractivity contribution >= 4 is 29.4 Å². The SMILES string of the molecule is CSCC(C)C(=O)N1CCC(C(=O)Nc2c3c(nn2C)CCCC3)CC1. The summed E-state index contributed by atoms with van der Waals surface area (Å²) in [5.41, 5.74) is 2.35. The summed E-state index contributed by atoms with van der Waals surface area (Å²) in [6.07, 6.45) is 7.85. The lowest BCUT2D eigenvalue weighted by molar-refractivity contribution is -0.137. The highest BCUT2D eigenvalue weighted by Gasteiger charge is 2.30. The summed E-state index contributed by atoms with van der Waals surface area (Å²) >= 11 is 1.70. The lowest BCUT2D eigenvalue weighted by atomic mass is 9.94. The first-order chi connectivity index (χ1) is 12.5. The zero-order valence-corrected chi connectivity index (χ0v) is 16.9. The van der Waals surface area contributed by atoms with Crippen molar-refractivity contribution in [3.8, 4) is 0 Å². The third-order valence-electron chi connectivity index (χ3n) is 5.58. The number of hydrogen-bond acceptors (Lipinski definition) is 4. The van der Waals surface area contributed by atoms with E-state index in [1.165, 1.54) is 12.0 Å². The van der Waals surface area contributed by atoms with Gasteiger partial charge in [0.2, 0.25) is 11.8 Å². The van der Waals surface area contributed by atoms with Gasteiger partial charge >= 0.3 is 0 Å². The van der Waals surface area contributed by atoms with Crippen molar-refractivity contribution in [2.45, 2.75) is 45.4 Å². The zero-order valence-electron chi connectivity index (χ0n) is 16.1. The third kappa shape index (κ3) is 4.08. The first-order valence-electron chi connectivity index (χ1n) is 9.64. The van der Waals surface area contributed by atoms with Crippen LogP contribution in [0.4, 0.5) is 5.82 Å². The molecule has 0 radical (unpaired) electrons. The molecule has 1 aliphatic heterocycles.